The van der Waals surface area contributed by atoms with Crippen LogP contribution in [0.25, 0.3) is 0 Å². The molecule has 96 valence electrons. The number of anilines is 1. The summed E-state index contributed by atoms with van der Waals surface area (Å²) in [6.07, 6.45) is 0. The van der Waals surface area contributed by atoms with Gasteiger partial charge in [0.15, 0.2) is 0 Å². The van der Waals surface area contributed by atoms with Gasteiger partial charge in [-0.2, -0.15) is 0 Å². The lowest BCUT2D eigenvalue weighted by Gasteiger charge is -2.26. The van der Waals surface area contributed by atoms with E-state index in [2.05, 4.69) is 10.6 Å². The molecule has 5 nitrogen and oxygen atoms in total. The summed E-state index contributed by atoms with van der Waals surface area (Å²) in [5.74, 6) is -0.808. The minimum atomic E-state index is -0.575. The molecule has 0 aromatic heterocycles. The van der Waals surface area contributed by atoms with Crippen molar-refractivity contribution in [2.24, 2.45) is 0 Å². The molecule has 2 N–H and O–H groups in total. The van der Waals surface area contributed by atoms with E-state index < -0.39 is 11.8 Å². The first-order chi connectivity index (χ1) is 8.56. The average molecular weight is 272 g/mol. The van der Waals surface area contributed by atoms with Gasteiger partial charge >= 0.3 is 6.03 Å². The maximum Gasteiger partial charge on any atom is 0.322 e. The van der Waals surface area contributed by atoms with Crippen molar-refractivity contribution in [3.05, 3.63) is 29.0 Å². The quantitative estimate of drug-likeness (QED) is 0.812. The molecular formula is C11H11ClFN3O2. The van der Waals surface area contributed by atoms with Gasteiger partial charge in [-0.1, -0.05) is 11.6 Å². The largest absolute Gasteiger partial charge is 0.353 e. The summed E-state index contributed by atoms with van der Waals surface area (Å²) in [7, 11) is 0. The standard InChI is InChI=1S/C11H11ClFN3O2/c12-7-1-2-8(13)9(5-7)15-11(18)16-4-3-14-10(17)6-16/h1-2,5H,3-4,6H2,(H,14,17)(H,15,18). The zero-order valence-corrected chi connectivity index (χ0v) is 10.1. The van der Waals surface area contributed by atoms with Crippen LogP contribution in [-0.2, 0) is 4.79 Å². The zero-order chi connectivity index (χ0) is 13.1. The molecule has 2 rings (SSSR count). The van der Waals surface area contributed by atoms with Gasteiger partial charge in [-0.3, -0.25) is 4.79 Å². The van der Waals surface area contributed by atoms with E-state index >= 15 is 0 Å². The van der Waals surface area contributed by atoms with E-state index in [9.17, 15) is 14.0 Å². The van der Waals surface area contributed by atoms with E-state index in [0.717, 1.165) is 0 Å². The smallest absolute Gasteiger partial charge is 0.322 e. The maximum absolute atomic E-state index is 13.4. The number of urea groups is 1. The topological polar surface area (TPSA) is 61.4 Å². The summed E-state index contributed by atoms with van der Waals surface area (Å²) in [5, 5.41) is 5.31. The molecule has 18 heavy (non-hydrogen) atoms. The number of nitrogens with one attached hydrogen (secondary N) is 2. The average Bonchev–Trinajstić information content (AvgIpc) is 2.34. The van der Waals surface area contributed by atoms with Gasteiger partial charge in [0.25, 0.3) is 0 Å². The molecule has 7 heteroatoms. The number of piperazine rings is 1. The van der Waals surface area contributed by atoms with E-state index in [-0.39, 0.29) is 18.1 Å². The van der Waals surface area contributed by atoms with Crippen molar-refractivity contribution in [3.63, 3.8) is 0 Å². The van der Waals surface area contributed by atoms with Crippen LogP contribution in [0.3, 0.4) is 0 Å². The van der Waals surface area contributed by atoms with Gasteiger partial charge in [-0.25, -0.2) is 9.18 Å². The van der Waals surface area contributed by atoms with E-state index in [4.69, 9.17) is 11.6 Å². The number of nitrogens with zero attached hydrogens (tertiary/aromatic N) is 1. The van der Waals surface area contributed by atoms with Crippen LogP contribution in [0, 0.1) is 5.82 Å². The van der Waals surface area contributed by atoms with Crippen LogP contribution >= 0.6 is 11.6 Å². The van der Waals surface area contributed by atoms with Gasteiger partial charge < -0.3 is 15.5 Å². The number of benzene rings is 1. The summed E-state index contributed by atoms with van der Waals surface area (Å²) in [6.45, 7) is 0.748. The lowest BCUT2D eigenvalue weighted by molar-refractivity contribution is -0.123. The fourth-order valence-corrected chi connectivity index (χ4v) is 1.77. The Morgan fingerprint density at radius 2 is 2.28 bits per heavy atom. The van der Waals surface area contributed by atoms with Crippen molar-refractivity contribution < 1.29 is 14.0 Å². The Morgan fingerprint density at radius 1 is 1.50 bits per heavy atom. The number of hydrogen-bond donors (Lipinski definition) is 2. The first-order valence-electron chi connectivity index (χ1n) is 5.34. The monoisotopic (exact) mass is 271 g/mol. The highest BCUT2D eigenvalue weighted by Crippen LogP contribution is 2.19. The number of rotatable bonds is 1. The fraction of sp³-hybridized carbons (Fsp3) is 0.273. The van der Waals surface area contributed by atoms with E-state index in [0.29, 0.717) is 18.1 Å². The second kappa shape index (κ2) is 5.22. The molecule has 1 aliphatic heterocycles. The minimum Gasteiger partial charge on any atom is -0.353 e. The number of halogens is 2. The Labute approximate surface area is 108 Å². The normalized spacial score (nSPS) is 15.2. The Balaban J connectivity index is 2.06. The lowest BCUT2D eigenvalue weighted by Crippen LogP contribution is -2.51. The summed E-state index contributed by atoms with van der Waals surface area (Å²) >= 11 is 5.71. The van der Waals surface area contributed by atoms with E-state index in [1.54, 1.807) is 0 Å². The predicted octanol–water partition coefficient (Wildman–Crippen LogP) is 1.44. The lowest BCUT2D eigenvalue weighted by atomic mass is 10.3. The SMILES string of the molecule is O=C1CN(C(=O)Nc2cc(Cl)ccc2F)CCN1. The number of carbonyl (C=O) groups is 2. The molecular weight excluding hydrogens is 261 g/mol. The van der Waals surface area contributed by atoms with Gasteiger partial charge in [0.1, 0.15) is 12.4 Å². The maximum atomic E-state index is 13.4. The van der Waals surface area contributed by atoms with Gasteiger partial charge in [0, 0.05) is 18.1 Å². The number of amides is 3. The molecule has 1 heterocycles. The zero-order valence-electron chi connectivity index (χ0n) is 9.37. The summed E-state index contributed by atoms with van der Waals surface area (Å²) in [4.78, 5) is 24.2. The van der Waals surface area contributed by atoms with E-state index in [1.165, 1.54) is 23.1 Å². The van der Waals surface area contributed by atoms with Crippen molar-refractivity contribution in [1.29, 1.82) is 0 Å². The van der Waals surface area contributed by atoms with Crippen LogP contribution in [0.5, 0.6) is 0 Å². The van der Waals surface area contributed by atoms with Crippen molar-refractivity contribution >= 4 is 29.2 Å². The van der Waals surface area contributed by atoms with Gasteiger partial charge in [-0.05, 0) is 18.2 Å². The van der Waals surface area contributed by atoms with Crippen molar-refractivity contribution in [3.8, 4) is 0 Å². The van der Waals surface area contributed by atoms with Crippen LogP contribution in [0.15, 0.2) is 18.2 Å². The Hall–Kier alpha value is -1.82. The van der Waals surface area contributed by atoms with E-state index in [1.807, 2.05) is 0 Å². The summed E-state index contributed by atoms with van der Waals surface area (Å²) in [6, 6.07) is 3.35. The molecule has 0 radical (unpaired) electrons. The number of hydrogen-bond acceptors (Lipinski definition) is 2. The van der Waals surface area contributed by atoms with Crippen molar-refractivity contribution in [2.45, 2.75) is 0 Å². The Morgan fingerprint density at radius 3 is 3.00 bits per heavy atom. The van der Waals surface area contributed by atoms with Crippen molar-refractivity contribution in [2.75, 3.05) is 25.0 Å². The fourth-order valence-electron chi connectivity index (χ4n) is 1.60. The Kier molecular flexibility index (Phi) is 3.66. The second-order valence-electron chi connectivity index (χ2n) is 3.83. The molecule has 0 bridgehead atoms. The van der Waals surface area contributed by atoms with Crippen molar-refractivity contribution in [1.82, 2.24) is 10.2 Å². The molecule has 1 fully saturated rings. The molecule has 0 spiro atoms. The minimum absolute atomic E-state index is 0.00141. The second-order valence-corrected chi connectivity index (χ2v) is 4.26. The Bertz CT molecular complexity index is 495. The molecule has 1 aromatic rings. The highest BCUT2D eigenvalue weighted by atomic mass is 35.5. The molecule has 1 saturated heterocycles. The third-order valence-corrected chi connectivity index (χ3v) is 2.73. The van der Waals surface area contributed by atoms with Crippen LogP contribution < -0.4 is 10.6 Å². The van der Waals surface area contributed by atoms with Crippen LogP contribution in [0.2, 0.25) is 5.02 Å². The molecule has 0 atom stereocenters. The van der Waals surface area contributed by atoms with Gasteiger partial charge in [-0.15, -0.1) is 0 Å². The first kappa shape index (κ1) is 12.6. The van der Waals surface area contributed by atoms with Gasteiger partial charge in [0.2, 0.25) is 5.91 Å². The van der Waals surface area contributed by atoms with Crippen LogP contribution in [-0.4, -0.2) is 36.5 Å². The highest BCUT2D eigenvalue weighted by Gasteiger charge is 2.21. The molecule has 1 aromatic carbocycles. The van der Waals surface area contributed by atoms with Crippen LogP contribution in [0.4, 0.5) is 14.9 Å². The first-order valence-corrected chi connectivity index (χ1v) is 5.72. The molecule has 0 saturated carbocycles. The van der Waals surface area contributed by atoms with Crippen LogP contribution in [0.1, 0.15) is 0 Å². The predicted molar refractivity (Wildman–Crippen MR) is 65.0 cm³/mol. The third-order valence-electron chi connectivity index (χ3n) is 2.50. The summed E-state index contributed by atoms with van der Waals surface area (Å²) < 4.78 is 13.4. The molecule has 0 unspecified atom stereocenters. The molecule has 1 aliphatic rings. The highest BCUT2D eigenvalue weighted by molar-refractivity contribution is 6.30. The molecule has 3 amide bonds. The summed E-state index contributed by atoms with van der Waals surface area (Å²) in [5.41, 5.74) is -0.00141. The number of carbonyl (C=O) groups excluding carboxylic acids is 2. The van der Waals surface area contributed by atoms with Gasteiger partial charge in [0.05, 0.1) is 5.69 Å². The molecule has 0 aliphatic carbocycles. The third kappa shape index (κ3) is 2.89.